The van der Waals surface area contributed by atoms with Gasteiger partial charge in [0.1, 0.15) is 11.3 Å². The summed E-state index contributed by atoms with van der Waals surface area (Å²) in [5, 5.41) is 4.36. The van der Waals surface area contributed by atoms with Crippen molar-refractivity contribution in [2.45, 2.75) is 32.7 Å². The Morgan fingerprint density at radius 3 is 2.62 bits per heavy atom. The van der Waals surface area contributed by atoms with Gasteiger partial charge in [0, 0.05) is 17.6 Å². The molecule has 1 N–H and O–H groups in total. The fraction of sp³-hybridized carbons (Fsp3) is 0.350. The van der Waals surface area contributed by atoms with E-state index in [0.29, 0.717) is 12.5 Å². The van der Waals surface area contributed by atoms with Gasteiger partial charge in [-0.15, -0.1) is 0 Å². The maximum absolute atomic E-state index is 5.96. The van der Waals surface area contributed by atoms with Crippen LogP contribution < -0.4 is 10.1 Å². The summed E-state index contributed by atoms with van der Waals surface area (Å²) in [6.07, 6.45) is 3.80. The fourth-order valence-corrected chi connectivity index (χ4v) is 2.69. The first-order valence-electron chi connectivity index (χ1n) is 8.47. The molecule has 0 fully saturated rings. The molecule has 0 aliphatic rings. The van der Waals surface area contributed by atoms with Crippen molar-refractivity contribution in [3.05, 3.63) is 59.5 Å². The number of benzene rings is 1. The number of pyridine rings is 1. The molecule has 0 radical (unpaired) electrons. The predicted octanol–water partition coefficient (Wildman–Crippen LogP) is 4.29. The Balaban J connectivity index is 1.68. The topological polar surface area (TPSA) is 47.3 Å². The van der Waals surface area contributed by atoms with Gasteiger partial charge in [-0.1, -0.05) is 18.2 Å². The number of nitrogens with one attached hydrogen (secondary N) is 1. The van der Waals surface area contributed by atoms with Crippen LogP contribution in [0, 0.1) is 0 Å². The summed E-state index contributed by atoms with van der Waals surface area (Å²) >= 11 is 0. The minimum Gasteiger partial charge on any atom is -0.478 e. The van der Waals surface area contributed by atoms with Crippen molar-refractivity contribution in [3.63, 3.8) is 0 Å². The van der Waals surface area contributed by atoms with Gasteiger partial charge in [-0.25, -0.2) is 4.98 Å². The highest BCUT2D eigenvalue weighted by molar-refractivity contribution is 5.78. The van der Waals surface area contributed by atoms with E-state index in [1.54, 1.807) is 0 Å². The molecule has 0 bridgehead atoms. The van der Waals surface area contributed by atoms with Gasteiger partial charge >= 0.3 is 0 Å². The number of furan rings is 1. The molecule has 0 spiro atoms. The lowest BCUT2D eigenvalue weighted by molar-refractivity contribution is 0.326. The van der Waals surface area contributed by atoms with Gasteiger partial charge in [0.25, 0.3) is 0 Å². The van der Waals surface area contributed by atoms with Crippen LogP contribution in [-0.2, 0) is 12.8 Å². The minimum atomic E-state index is 0.218. The van der Waals surface area contributed by atoms with Crippen LogP contribution in [0.4, 0.5) is 0 Å². The molecule has 24 heavy (non-hydrogen) atoms. The zero-order chi connectivity index (χ0) is 16.9. The second-order valence-electron chi connectivity index (χ2n) is 5.97. The van der Waals surface area contributed by atoms with Crippen LogP contribution in [0.1, 0.15) is 36.8 Å². The van der Waals surface area contributed by atoms with Crippen LogP contribution in [0.15, 0.2) is 47.0 Å². The number of aryl methyl sites for hydroxylation is 2. The van der Waals surface area contributed by atoms with Crippen LogP contribution in [0.3, 0.4) is 0 Å². The lowest BCUT2D eigenvalue weighted by Gasteiger charge is -2.05. The van der Waals surface area contributed by atoms with Crippen molar-refractivity contribution in [2.24, 2.45) is 0 Å². The Morgan fingerprint density at radius 1 is 1.12 bits per heavy atom. The van der Waals surface area contributed by atoms with Gasteiger partial charge in [-0.3, -0.25) is 0 Å². The smallest absolute Gasteiger partial charge is 0.213 e. The minimum absolute atomic E-state index is 0.218. The zero-order valence-electron chi connectivity index (χ0n) is 14.5. The number of fused-ring (bicyclic) bond motifs is 1. The summed E-state index contributed by atoms with van der Waals surface area (Å²) in [5.74, 6) is 1.66. The van der Waals surface area contributed by atoms with Crippen molar-refractivity contribution in [2.75, 3.05) is 13.7 Å². The Morgan fingerprint density at radius 2 is 1.92 bits per heavy atom. The third-order valence-electron chi connectivity index (χ3n) is 4.26. The van der Waals surface area contributed by atoms with Gasteiger partial charge in [0.05, 0.1) is 12.6 Å². The van der Waals surface area contributed by atoms with E-state index in [1.807, 2.05) is 26.2 Å². The fourth-order valence-electron chi connectivity index (χ4n) is 2.69. The second-order valence-corrected chi connectivity index (χ2v) is 5.97. The molecule has 1 unspecified atom stereocenters. The van der Waals surface area contributed by atoms with Crippen molar-refractivity contribution in [1.29, 1.82) is 0 Å². The monoisotopic (exact) mass is 324 g/mol. The summed E-state index contributed by atoms with van der Waals surface area (Å²) in [5.41, 5.74) is 3.44. The molecule has 4 nitrogen and oxygen atoms in total. The number of hydrogen-bond donors (Lipinski definition) is 1. The number of aromatic nitrogens is 1. The highest BCUT2D eigenvalue weighted by Gasteiger charge is 2.10. The highest BCUT2D eigenvalue weighted by Crippen LogP contribution is 2.25. The van der Waals surface area contributed by atoms with Crippen molar-refractivity contribution >= 4 is 11.0 Å². The average Bonchev–Trinajstić information content (AvgIpc) is 3.04. The molecule has 1 aromatic carbocycles. The van der Waals surface area contributed by atoms with Gasteiger partial charge in [-0.2, -0.15) is 0 Å². The molecule has 0 aliphatic heterocycles. The predicted molar refractivity (Wildman–Crippen MR) is 96.5 cm³/mol. The van der Waals surface area contributed by atoms with E-state index in [-0.39, 0.29) is 6.04 Å². The highest BCUT2D eigenvalue weighted by atomic mass is 16.5. The van der Waals surface area contributed by atoms with E-state index >= 15 is 0 Å². The van der Waals surface area contributed by atoms with Crippen molar-refractivity contribution < 1.29 is 9.15 Å². The molecule has 126 valence electrons. The normalized spacial score (nSPS) is 12.5. The number of hydrogen-bond acceptors (Lipinski definition) is 4. The lowest BCUT2D eigenvalue weighted by atomic mass is 10.0. The molecule has 0 aliphatic carbocycles. The standard InChI is InChI=1S/C20H24N2O2/c1-4-23-20-10-8-16(13-22-20)6-5-15-7-9-17-12-18(14(2)21-3)24-19(17)11-15/h7-14,21H,4-6H2,1-3H3. The van der Waals surface area contributed by atoms with Crippen LogP contribution in [-0.4, -0.2) is 18.6 Å². The molecule has 3 rings (SSSR count). The zero-order valence-corrected chi connectivity index (χ0v) is 14.5. The van der Waals surface area contributed by atoms with E-state index in [0.717, 1.165) is 29.6 Å². The number of nitrogens with zero attached hydrogens (tertiary/aromatic N) is 1. The van der Waals surface area contributed by atoms with Crippen LogP contribution in [0.2, 0.25) is 0 Å². The summed E-state index contributed by atoms with van der Waals surface area (Å²) in [7, 11) is 1.94. The molecule has 0 amide bonds. The Bertz CT molecular complexity index is 793. The third-order valence-corrected chi connectivity index (χ3v) is 4.26. The number of ether oxygens (including phenoxy) is 1. The summed E-state index contributed by atoms with van der Waals surface area (Å²) < 4.78 is 11.3. The van der Waals surface area contributed by atoms with Gasteiger partial charge in [0.15, 0.2) is 0 Å². The molecule has 3 aromatic rings. The van der Waals surface area contributed by atoms with Gasteiger partial charge in [0.2, 0.25) is 5.88 Å². The SMILES string of the molecule is CCOc1ccc(CCc2ccc3cc(C(C)NC)oc3c2)cn1. The van der Waals surface area contributed by atoms with Crippen molar-refractivity contribution in [1.82, 2.24) is 10.3 Å². The molecule has 4 heteroatoms. The Labute approximate surface area is 142 Å². The van der Waals surface area contributed by atoms with Crippen molar-refractivity contribution in [3.8, 4) is 5.88 Å². The summed E-state index contributed by atoms with van der Waals surface area (Å²) in [6, 6.07) is 12.8. The van der Waals surface area contributed by atoms with E-state index in [9.17, 15) is 0 Å². The summed E-state index contributed by atoms with van der Waals surface area (Å²) in [4.78, 5) is 4.32. The average molecular weight is 324 g/mol. The molecule has 1 atom stereocenters. The maximum Gasteiger partial charge on any atom is 0.213 e. The maximum atomic E-state index is 5.96. The quantitative estimate of drug-likeness (QED) is 0.704. The molecule has 0 saturated carbocycles. The van der Waals surface area contributed by atoms with E-state index < -0.39 is 0 Å². The first-order chi connectivity index (χ1) is 11.7. The van der Waals surface area contributed by atoms with Crippen LogP contribution in [0.5, 0.6) is 5.88 Å². The van der Waals surface area contributed by atoms with Crippen LogP contribution >= 0.6 is 0 Å². The van der Waals surface area contributed by atoms with E-state index in [2.05, 4.69) is 47.6 Å². The Kier molecular flexibility index (Phi) is 5.16. The van der Waals surface area contributed by atoms with Gasteiger partial charge in [-0.05, 0) is 57.0 Å². The first-order valence-corrected chi connectivity index (χ1v) is 8.47. The summed E-state index contributed by atoms with van der Waals surface area (Å²) in [6.45, 7) is 4.70. The Hall–Kier alpha value is -2.33. The molecule has 2 heterocycles. The number of rotatable bonds is 7. The third kappa shape index (κ3) is 3.77. The van der Waals surface area contributed by atoms with Crippen LogP contribution in [0.25, 0.3) is 11.0 Å². The second kappa shape index (κ2) is 7.49. The van der Waals surface area contributed by atoms with Gasteiger partial charge < -0.3 is 14.5 Å². The molecule has 0 saturated heterocycles. The molecule has 2 aromatic heterocycles. The molecular formula is C20H24N2O2. The first kappa shape index (κ1) is 16.5. The largest absolute Gasteiger partial charge is 0.478 e. The molecular weight excluding hydrogens is 300 g/mol. The van der Waals surface area contributed by atoms with E-state index in [4.69, 9.17) is 9.15 Å². The lowest BCUT2D eigenvalue weighted by Crippen LogP contribution is -2.10. The van der Waals surface area contributed by atoms with E-state index in [1.165, 1.54) is 11.1 Å².